The third-order valence-corrected chi connectivity index (χ3v) is 7.43. The fourth-order valence-corrected chi connectivity index (χ4v) is 5.60. The van der Waals surface area contributed by atoms with Crippen LogP contribution in [0, 0.1) is 16.7 Å². The molecule has 0 aliphatic carbocycles. The zero-order valence-corrected chi connectivity index (χ0v) is 14.1. The van der Waals surface area contributed by atoms with E-state index in [1.807, 2.05) is 0 Å². The van der Waals surface area contributed by atoms with Crippen LogP contribution in [0.3, 0.4) is 0 Å². The van der Waals surface area contributed by atoms with Gasteiger partial charge in [0.15, 0.2) is 0 Å². The Morgan fingerprint density at radius 1 is 1.00 bits per heavy atom. The van der Waals surface area contributed by atoms with E-state index in [0.717, 1.165) is 10.5 Å². The van der Waals surface area contributed by atoms with Crippen LogP contribution in [-0.4, -0.2) is 16.1 Å². The maximum atomic E-state index is 2.41. The summed E-state index contributed by atoms with van der Waals surface area (Å²) in [4.78, 5) is 0. The highest BCUT2D eigenvalue weighted by Gasteiger charge is 2.31. The van der Waals surface area contributed by atoms with Crippen molar-refractivity contribution in [2.75, 3.05) is 11.5 Å². The molecule has 17 heavy (non-hydrogen) atoms. The van der Waals surface area contributed by atoms with Crippen LogP contribution in [0.1, 0.15) is 60.8 Å². The first kappa shape index (κ1) is 15.8. The molecule has 1 aliphatic heterocycles. The van der Waals surface area contributed by atoms with Crippen LogP contribution in [0.5, 0.6) is 0 Å². The van der Waals surface area contributed by atoms with Crippen molar-refractivity contribution < 1.29 is 0 Å². The molecule has 0 aromatic carbocycles. The van der Waals surface area contributed by atoms with Crippen molar-refractivity contribution in [2.24, 2.45) is 16.7 Å². The Balaban J connectivity index is 2.29. The number of rotatable bonds is 4. The van der Waals surface area contributed by atoms with Crippen molar-refractivity contribution >= 4 is 23.5 Å². The summed E-state index contributed by atoms with van der Waals surface area (Å²) in [7, 11) is 0. The SMILES string of the molecule is CCC(C)(C)CC[C@H]1SC[C@H](C(C)(C)C)CS1. The van der Waals surface area contributed by atoms with Gasteiger partial charge in [-0.1, -0.05) is 48.0 Å². The van der Waals surface area contributed by atoms with Crippen LogP contribution < -0.4 is 0 Å². The van der Waals surface area contributed by atoms with Gasteiger partial charge in [0.2, 0.25) is 0 Å². The molecule has 0 N–H and O–H groups in total. The average Bonchev–Trinajstić information content (AvgIpc) is 2.26. The molecule has 0 aromatic rings. The number of hydrogen-bond acceptors (Lipinski definition) is 2. The number of hydrogen-bond donors (Lipinski definition) is 0. The van der Waals surface area contributed by atoms with Gasteiger partial charge < -0.3 is 0 Å². The Labute approximate surface area is 117 Å². The highest BCUT2D eigenvalue weighted by atomic mass is 32.2. The molecule has 0 amide bonds. The van der Waals surface area contributed by atoms with Crippen molar-refractivity contribution in [3.8, 4) is 0 Å². The van der Waals surface area contributed by atoms with Gasteiger partial charge in [-0.25, -0.2) is 0 Å². The largest absolute Gasteiger partial charge is 0.147 e. The van der Waals surface area contributed by atoms with Crippen LogP contribution >= 0.6 is 23.5 Å². The fraction of sp³-hybridized carbons (Fsp3) is 1.00. The molecule has 0 spiro atoms. The average molecular weight is 275 g/mol. The van der Waals surface area contributed by atoms with Gasteiger partial charge in [0.1, 0.15) is 0 Å². The molecule has 102 valence electrons. The first-order valence-electron chi connectivity index (χ1n) is 6.98. The summed E-state index contributed by atoms with van der Waals surface area (Å²) in [5.74, 6) is 3.63. The smallest absolute Gasteiger partial charge is 0.0502 e. The Morgan fingerprint density at radius 3 is 1.94 bits per heavy atom. The van der Waals surface area contributed by atoms with E-state index in [1.54, 1.807) is 0 Å². The summed E-state index contributed by atoms with van der Waals surface area (Å²) in [6.07, 6.45) is 4.08. The molecule has 1 aliphatic rings. The van der Waals surface area contributed by atoms with Gasteiger partial charge in [-0.2, -0.15) is 0 Å². The Hall–Kier alpha value is 0.700. The minimum atomic E-state index is 0.494. The van der Waals surface area contributed by atoms with Gasteiger partial charge in [-0.15, -0.1) is 23.5 Å². The Morgan fingerprint density at radius 2 is 1.53 bits per heavy atom. The predicted octanol–water partition coefficient (Wildman–Crippen LogP) is 5.67. The van der Waals surface area contributed by atoms with Crippen molar-refractivity contribution in [2.45, 2.75) is 65.4 Å². The van der Waals surface area contributed by atoms with E-state index in [9.17, 15) is 0 Å². The van der Waals surface area contributed by atoms with E-state index >= 15 is 0 Å². The minimum Gasteiger partial charge on any atom is -0.147 e. The molecule has 2 heteroatoms. The molecular weight excluding hydrogens is 244 g/mol. The summed E-state index contributed by atoms with van der Waals surface area (Å²) in [5, 5.41) is 0. The van der Waals surface area contributed by atoms with E-state index in [1.165, 1.54) is 30.8 Å². The lowest BCUT2D eigenvalue weighted by Gasteiger charge is -2.37. The summed E-state index contributed by atoms with van der Waals surface area (Å²) in [6.45, 7) is 14.3. The topological polar surface area (TPSA) is 0 Å². The van der Waals surface area contributed by atoms with E-state index in [4.69, 9.17) is 0 Å². The van der Waals surface area contributed by atoms with E-state index in [2.05, 4.69) is 65.1 Å². The molecule has 1 fully saturated rings. The van der Waals surface area contributed by atoms with Crippen LogP contribution in [0.2, 0.25) is 0 Å². The van der Waals surface area contributed by atoms with E-state index in [0.29, 0.717) is 10.8 Å². The molecule has 0 nitrogen and oxygen atoms in total. The van der Waals surface area contributed by atoms with Gasteiger partial charge in [0.05, 0.1) is 4.58 Å². The standard InChI is InChI=1S/C15H30S2/c1-7-15(5,6)9-8-13-16-10-12(11-17-13)14(2,3)4/h12-13H,7-11H2,1-6H3/t12-,13-. The monoisotopic (exact) mass is 274 g/mol. The molecule has 0 saturated carbocycles. The highest BCUT2D eigenvalue weighted by Crippen LogP contribution is 2.44. The van der Waals surface area contributed by atoms with Crippen molar-refractivity contribution in [3.63, 3.8) is 0 Å². The first-order chi connectivity index (χ1) is 7.74. The molecule has 1 heterocycles. The molecule has 1 rings (SSSR count). The van der Waals surface area contributed by atoms with Gasteiger partial charge in [-0.05, 0) is 41.1 Å². The van der Waals surface area contributed by atoms with Crippen LogP contribution in [0.25, 0.3) is 0 Å². The molecule has 0 unspecified atom stereocenters. The lowest BCUT2D eigenvalue weighted by Crippen LogP contribution is -2.29. The first-order valence-corrected chi connectivity index (χ1v) is 9.07. The third-order valence-electron chi connectivity index (χ3n) is 4.21. The Kier molecular flexibility index (Phi) is 5.78. The summed E-state index contributed by atoms with van der Waals surface area (Å²) in [5.41, 5.74) is 1.04. The van der Waals surface area contributed by atoms with Crippen LogP contribution in [-0.2, 0) is 0 Å². The maximum Gasteiger partial charge on any atom is 0.0502 e. The highest BCUT2D eigenvalue weighted by molar-refractivity contribution is 8.17. The van der Waals surface area contributed by atoms with Gasteiger partial charge in [-0.3, -0.25) is 0 Å². The molecule has 0 atom stereocenters. The second kappa shape index (κ2) is 6.23. The fourth-order valence-electron chi connectivity index (χ4n) is 1.90. The normalized spacial score (nSPS) is 27.2. The Bertz CT molecular complexity index is 220. The second-order valence-corrected chi connectivity index (χ2v) is 9.99. The van der Waals surface area contributed by atoms with Gasteiger partial charge in [0.25, 0.3) is 0 Å². The zero-order valence-electron chi connectivity index (χ0n) is 12.5. The summed E-state index contributed by atoms with van der Waals surface area (Å²) in [6, 6.07) is 0. The predicted molar refractivity (Wildman–Crippen MR) is 85.0 cm³/mol. The minimum absolute atomic E-state index is 0.494. The number of thioether (sulfide) groups is 2. The van der Waals surface area contributed by atoms with Crippen molar-refractivity contribution in [1.82, 2.24) is 0 Å². The molecule has 1 saturated heterocycles. The summed E-state index contributed by atoms with van der Waals surface area (Å²) < 4.78 is 0.861. The molecular formula is C15H30S2. The van der Waals surface area contributed by atoms with Gasteiger partial charge in [0, 0.05) is 0 Å². The summed E-state index contributed by atoms with van der Waals surface area (Å²) >= 11 is 4.42. The lowest BCUT2D eigenvalue weighted by atomic mass is 9.83. The van der Waals surface area contributed by atoms with Crippen LogP contribution in [0.4, 0.5) is 0 Å². The second-order valence-electron chi connectivity index (χ2n) is 7.22. The molecule has 0 bridgehead atoms. The van der Waals surface area contributed by atoms with Crippen molar-refractivity contribution in [3.05, 3.63) is 0 Å². The third kappa shape index (κ3) is 5.46. The maximum absolute atomic E-state index is 2.41. The molecule has 0 aromatic heterocycles. The zero-order chi connectivity index (χ0) is 13.1. The van der Waals surface area contributed by atoms with Gasteiger partial charge >= 0.3 is 0 Å². The van der Waals surface area contributed by atoms with Crippen molar-refractivity contribution in [1.29, 1.82) is 0 Å². The quantitative estimate of drug-likeness (QED) is 0.647. The van der Waals surface area contributed by atoms with E-state index < -0.39 is 0 Å². The molecule has 0 radical (unpaired) electrons. The van der Waals surface area contributed by atoms with E-state index in [-0.39, 0.29) is 0 Å². The van der Waals surface area contributed by atoms with Crippen LogP contribution in [0.15, 0.2) is 0 Å². The lowest BCUT2D eigenvalue weighted by molar-refractivity contribution is 0.291.